The number of aliphatic hydroxyl groups is 1. The minimum Gasteiger partial charge on any atom is -0.512 e. The molecule has 1 aliphatic rings. The minimum absolute atomic E-state index is 0.0325. The van der Waals surface area contributed by atoms with Crippen molar-refractivity contribution in [3.63, 3.8) is 0 Å². The number of halogens is 3. The lowest BCUT2D eigenvalue weighted by Crippen LogP contribution is -2.48. The Morgan fingerprint density at radius 2 is 1.95 bits per heavy atom. The van der Waals surface area contributed by atoms with Crippen LogP contribution >= 0.6 is 0 Å². The fourth-order valence-electron chi connectivity index (χ4n) is 4.56. The van der Waals surface area contributed by atoms with Crippen LogP contribution in [-0.2, 0) is 5.41 Å². The van der Waals surface area contributed by atoms with Crippen molar-refractivity contribution in [1.82, 2.24) is 15.0 Å². The van der Waals surface area contributed by atoms with E-state index in [1.54, 1.807) is 24.3 Å². The summed E-state index contributed by atoms with van der Waals surface area (Å²) in [6, 6.07) is 6.32. The zero-order valence-corrected chi connectivity index (χ0v) is 21.8. The van der Waals surface area contributed by atoms with E-state index in [4.69, 9.17) is 9.47 Å². The highest BCUT2D eigenvalue weighted by atomic mass is 19.4. The molecule has 3 N–H and O–H groups in total. The molecule has 1 aromatic carbocycles. The molecule has 0 radical (unpaired) electrons. The minimum atomic E-state index is -4.36. The second-order valence-corrected chi connectivity index (χ2v) is 10.2. The maximum atomic E-state index is 13.8. The van der Waals surface area contributed by atoms with Gasteiger partial charge in [-0.3, -0.25) is 4.79 Å². The van der Waals surface area contributed by atoms with E-state index in [2.05, 4.69) is 15.0 Å². The summed E-state index contributed by atoms with van der Waals surface area (Å²) < 4.78 is 52.5. The van der Waals surface area contributed by atoms with Crippen LogP contribution < -0.4 is 14.9 Å². The van der Waals surface area contributed by atoms with Crippen molar-refractivity contribution in [2.24, 2.45) is 5.41 Å². The van der Waals surface area contributed by atoms with Crippen LogP contribution in [0.1, 0.15) is 52.1 Å². The van der Waals surface area contributed by atoms with Gasteiger partial charge in [-0.05, 0) is 56.9 Å². The molecule has 0 unspecified atom stereocenters. The third-order valence-electron chi connectivity index (χ3n) is 7.17. The first-order valence-electron chi connectivity index (χ1n) is 12.5. The molecule has 2 aromatic heterocycles. The van der Waals surface area contributed by atoms with E-state index in [1.165, 1.54) is 25.6 Å². The van der Waals surface area contributed by atoms with E-state index in [0.29, 0.717) is 35.3 Å². The van der Waals surface area contributed by atoms with Crippen molar-refractivity contribution in [2.45, 2.75) is 58.0 Å². The molecule has 4 rings (SSSR count). The van der Waals surface area contributed by atoms with E-state index in [0.717, 1.165) is 0 Å². The Kier molecular flexibility index (Phi) is 7.36. The SMILES string of the molecule is CC/C=C(\O)C(C)(C)COc1cc(=O)c(-c2ccc(-c3ncc(C4(C(F)(F)F)CCC4)[nH]3)c(OC)c2)c[nH]1. The zero-order valence-electron chi connectivity index (χ0n) is 21.8. The Morgan fingerprint density at radius 1 is 1.21 bits per heavy atom. The first-order chi connectivity index (χ1) is 17.9. The van der Waals surface area contributed by atoms with Gasteiger partial charge in [-0.15, -0.1) is 0 Å². The number of nitrogens with zero attached hydrogens (tertiary/aromatic N) is 1. The number of imidazole rings is 1. The summed E-state index contributed by atoms with van der Waals surface area (Å²) >= 11 is 0. The van der Waals surface area contributed by atoms with Crippen LogP contribution in [0, 0.1) is 5.41 Å². The summed E-state index contributed by atoms with van der Waals surface area (Å²) in [5.74, 6) is 1.10. The largest absolute Gasteiger partial charge is 0.512 e. The van der Waals surface area contributed by atoms with Gasteiger partial charge in [0.1, 0.15) is 23.6 Å². The van der Waals surface area contributed by atoms with Crippen LogP contribution in [0.4, 0.5) is 13.2 Å². The summed E-state index contributed by atoms with van der Waals surface area (Å²) in [6.45, 7) is 5.76. The number of benzene rings is 1. The van der Waals surface area contributed by atoms with Gasteiger partial charge >= 0.3 is 6.18 Å². The smallest absolute Gasteiger partial charge is 0.399 e. The number of ether oxygens (including phenoxy) is 2. The normalized spacial score (nSPS) is 15.7. The average molecular weight is 532 g/mol. The monoisotopic (exact) mass is 531 g/mol. The summed E-state index contributed by atoms with van der Waals surface area (Å²) in [5, 5.41) is 10.2. The Balaban J connectivity index is 1.57. The number of H-pyrrole nitrogens is 2. The number of alkyl halides is 3. The van der Waals surface area contributed by atoms with Crippen LogP contribution in [0.25, 0.3) is 22.5 Å². The first kappa shape index (κ1) is 27.3. The maximum Gasteiger partial charge on any atom is 0.399 e. The molecule has 38 heavy (non-hydrogen) atoms. The quantitative estimate of drug-likeness (QED) is 0.268. The van der Waals surface area contributed by atoms with Gasteiger partial charge in [0, 0.05) is 24.0 Å². The van der Waals surface area contributed by atoms with E-state index in [-0.39, 0.29) is 48.0 Å². The summed E-state index contributed by atoms with van der Waals surface area (Å²) in [6.07, 6.45) is 1.40. The van der Waals surface area contributed by atoms with Crippen LogP contribution in [0.5, 0.6) is 11.6 Å². The highest BCUT2D eigenvalue weighted by Crippen LogP contribution is 2.54. The molecule has 7 nitrogen and oxygen atoms in total. The fraction of sp³-hybridized carbons (Fsp3) is 0.429. The third-order valence-corrected chi connectivity index (χ3v) is 7.17. The van der Waals surface area contributed by atoms with Crippen LogP contribution in [0.3, 0.4) is 0 Å². The molecule has 0 spiro atoms. The van der Waals surface area contributed by atoms with Gasteiger partial charge in [0.2, 0.25) is 0 Å². The van der Waals surface area contributed by atoms with Crippen molar-refractivity contribution in [1.29, 1.82) is 0 Å². The molecule has 10 heteroatoms. The number of aromatic amines is 2. The first-order valence-corrected chi connectivity index (χ1v) is 12.5. The van der Waals surface area contributed by atoms with Gasteiger partial charge < -0.3 is 24.5 Å². The van der Waals surface area contributed by atoms with E-state index < -0.39 is 17.0 Å². The number of aliphatic hydroxyl groups excluding tert-OH is 1. The lowest BCUT2D eigenvalue weighted by atomic mass is 9.66. The second-order valence-electron chi connectivity index (χ2n) is 10.2. The van der Waals surface area contributed by atoms with Crippen molar-refractivity contribution >= 4 is 0 Å². The van der Waals surface area contributed by atoms with Gasteiger partial charge in [-0.1, -0.05) is 19.4 Å². The molecule has 0 atom stereocenters. The maximum absolute atomic E-state index is 13.8. The highest BCUT2D eigenvalue weighted by Gasteiger charge is 2.60. The highest BCUT2D eigenvalue weighted by molar-refractivity contribution is 5.73. The van der Waals surface area contributed by atoms with Gasteiger partial charge in [0.05, 0.1) is 29.5 Å². The number of hydrogen-bond acceptors (Lipinski definition) is 5. The van der Waals surface area contributed by atoms with Crippen LogP contribution in [0.15, 0.2) is 53.3 Å². The van der Waals surface area contributed by atoms with Gasteiger partial charge in [-0.2, -0.15) is 13.2 Å². The molecule has 1 fully saturated rings. The molecule has 0 bridgehead atoms. The van der Waals surface area contributed by atoms with E-state index in [1.807, 2.05) is 20.8 Å². The Morgan fingerprint density at radius 3 is 2.53 bits per heavy atom. The van der Waals surface area contributed by atoms with Crippen molar-refractivity contribution in [2.75, 3.05) is 13.7 Å². The van der Waals surface area contributed by atoms with Crippen molar-refractivity contribution < 1.29 is 27.8 Å². The van der Waals surface area contributed by atoms with Gasteiger partial charge in [0.25, 0.3) is 0 Å². The Bertz CT molecular complexity index is 1380. The predicted octanol–water partition coefficient (Wildman–Crippen LogP) is 6.68. The topological polar surface area (TPSA) is 100 Å². The fourth-order valence-corrected chi connectivity index (χ4v) is 4.56. The van der Waals surface area contributed by atoms with Crippen LogP contribution in [0.2, 0.25) is 0 Å². The number of aromatic nitrogens is 3. The summed E-state index contributed by atoms with van der Waals surface area (Å²) in [7, 11) is 1.45. The molecule has 0 saturated heterocycles. The standard InChI is InChI=1S/C28H32F3N3O4/c1-5-7-23(36)26(2,3)16-38-24-13-20(35)19(14-32-24)17-8-9-18(21(12-17)37-4)25-33-15-22(34-25)27(10-6-11-27)28(29,30)31/h7-9,12-15,36H,5-6,10-11,16H2,1-4H3,(H,32,35)(H,33,34)/b23-7-. The molecular weight excluding hydrogens is 499 g/mol. The van der Waals surface area contributed by atoms with E-state index >= 15 is 0 Å². The van der Waals surface area contributed by atoms with Crippen molar-refractivity contribution in [3.05, 3.63) is 64.4 Å². The Hall–Kier alpha value is -3.69. The van der Waals surface area contributed by atoms with Crippen LogP contribution in [-0.4, -0.2) is 40.0 Å². The lowest BCUT2D eigenvalue weighted by Gasteiger charge is -2.42. The summed E-state index contributed by atoms with van der Waals surface area (Å²) in [5.41, 5.74) is -1.36. The number of nitrogens with one attached hydrogen (secondary N) is 2. The van der Waals surface area contributed by atoms with Crippen molar-refractivity contribution in [3.8, 4) is 34.1 Å². The summed E-state index contributed by atoms with van der Waals surface area (Å²) in [4.78, 5) is 22.9. The molecule has 1 saturated carbocycles. The molecule has 0 aliphatic heterocycles. The van der Waals surface area contributed by atoms with Gasteiger partial charge in [-0.25, -0.2) is 4.98 Å². The molecule has 2 heterocycles. The zero-order chi connectivity index (χ0) is 27.7. The molecule has 0 amide bonds. The number of allylic oxidation sites excluding steroid dienone is 1. The number of pyridine rings is 1. The van der Waals surface area contributed by atoms with Gasteiger partial charge in [0.15, 0.2) is 11.3 Å². The number of methoxy groups -OCH3 is 1. The average Bonchev–Trinajstić information content (AvgIpc) is 3.30. The number of rotatable bonds is 9. The molecule has 1 aliphatic carbocycles. The lowest BCUT2D eigenvalue weighted by molar-refractivity contribution is -0.213. The van der Waals surface area contributed by atoms with E-state index in [9.17, 15) is 23.1 Å². The third kappa shape index (κ3) is 5.04. The molecular formula is C28H32F3N3O4. The molecule has 204 valence electrons. The Labute approximate surface area is 218 Å². The second kappa shape index (κ2) is 10.2. The number of hydrogen-bond donors (Lipinski definition) is 3. The predicted molar refractivity (Wildman–Crippen MR) is 138 cm³/mol. The molecule has 3 aromatic rings.